The highest BCUT2D eigenvalue weighted by atomic mass is 16.5. The maximum absolute atomic E-state index is 10.00. The molecule has 1 rings (SSSR count). The molecule has 0 radical (unpaired) electrons. The van der Waals surface area contributed by atoms with Gasteiger partial charge in [0.25, 0.3) is 0 Å². The fraction of sp³-hybridized carbons (Fsp3) is 0.385. The third-order valence-electron chi connectivity index (χ3n) is 2.41. The highest BCUT2D eigenvalue weighted by Gasteiger charge is 2.15. The first-order chi connectivity index (χ1) is 7.60. The van der Waals surface area contributed by atoms with Crippen LogP contribution in [0.1, 0.15) is 24.2 Å². The fourth-order valence-corrected chi connectivity index (χ4v) is 1.52. The lowest BCUT2D eigenvalue weighted by Gasteiger charge is -2.17. The summed E-state index contributed by atoms with van der Waals surface area (Å²) in [6, 6.07) is 5.51. The summed E-state index contributed by atoms with van der Waals surface area (Å²) < 4.78 is 10.3. The Morgan fingerprint density at radius 1 is 1.50 bits per heavy atom. The number of benzene rings is 1. The molecule has 1 N–H and O–H groups in total. The van der Waals surface area contributed by atoms with Gasteiger partial charge in [0, 0.05) is 0 Å². The summed E-state index contributed by atoms with van der Waals surface area (Å²) >= 11 is 0. The van der Waals surface area contributed by atoms with Crippen molar-refractivity contribution in [3.05, 3.63) is 41.7 Å². The Balaban J connectivity index is 2.91. The van der Waals surface area contributed by atoms with E-state index in [1.165, 1.54) is 0 Å². The first kappa shape index (κ1) is 12.6. The Morgan fingerprint density at radius 2 is 2.19 bits per heavy atom. The minimum absolute atomic E-state index is 0.371. The van der Waals surface area contributed by atoms with E-state index in [-0.39, 0.29) is 0 Å². The third kappa shape index (κ3) is 2.76. The quantitative estimate of drug-likeness (QED) is 0.778. The molecule has 1 atom stereocenters. The minimum Gasteiger partial charge on any atom is -0.497 e. The molecule has 0 fully saturated rings. The van der Waals surface area contributed by atoms with Gasteiger partial charge in [-0.05, 0) is 37.1 Å². The smallest absolute Gasteiger partial charge is 0.136 e. The number of methoxy groups -OCH3 is 1. The summed E-state index contributed by atoms with van der Waals surface area (Å²) in [5.74, 6) is 1.14. The second-order valence-electron chi connectivity index (χ2n) is 3.52. The Morgan fingerprint density at radius 3 is 2.69 bits per heavy atom. The van der Waals surface area contributed by atoms with Crippen molar-refractivity contribution in [1.82, 2.24) is 0 Å². The van der Waals surface area contributed by atoms with Gasteiger partial charge in [-0.2, -0.15) is 0 Å². The van der Waals surface area contributed by atoms with Crippen molar-refractivity contribution in [3.63, 3.8) is 0 Å². The van der Waals surface area contributed by atoms with Gasteiger partial charge in [-0.1, -0.05) is 12.6 Å². The van der Waals surface area contributed by atoms with E-state index in [1.54, 1.807) is 7.11 Å². The number of ether oxygens (including phenoxy) is 2. The molecule has 0 unspecified atom stereocenters. The molecule has 0 saturated carbocycles. The highest BCUT2D eigenvalue weighted by Crippen LogP contribution is 2.26. The van der Waals surface area contributed by atoms with Crippen LogP contribution in [0.15, 0.2) is 30.5 Å². The van der Waals surface area contributed by atoms with Gasteiger partial charge in [0.15, 0.2) is 0 Å². The highest BCUT2D eigenvalue weighted by molar-refractivity contribution is 5.37. The zero-order chi connectivity index (χ0) is 12.1. The molecule has 0 aliphatic carbocycles. The summed E-state index contributed by atoms with van der Waals surface area (Å²) in [4.78, 5) is 0. The van der Waals surface area contributed by atoms with Crippen LogP contribution < -0.4 is 4.74 Å². The van der Waals surface area contributed by atoms with Gasteiger partial charge in [-0.25, -0.2) is 0 Å². The first-order valence-electron chi connectivity index (χ1n) is 5.24. The lowest BCUT2D eigenvalue weighted by molar-refractivity contribution is 0.109. The van der Waals surface area contributed by atoms with Crippen LogP contribution in [0, 0.1) is 6.92 Å². The van der Waals surface area contributed by atoms with Crippen LogP contribution in [0.3, 0.4) is 0 Å². The molecule has 3 heteroatoms. The second-order valence-corrected chi connectivity index (χ2v) is 3.52. The third-order valence-corrected chi connectivity index (χ3v) is 2.41. The van der Waals surface area contributed by atoms with Gasteiger partial charge in [0.05, 0.1) is 13.7 Å². The maximum atomic E-state index is 10.00. The molecule has 1 aromatic rings. The molecule has 0 amide bonds. The normalized spacial score (nSPS) is 12.0. The van der Waals surface area contributed by atoms with Gasteiger partial charge in [0.1, 0.15) is 17.6 Å². The molecule has 0 spiro atoms. The van der Waals surface area contributed by atoms with E-state index in [1.807, 2.05) is 32.0 Å². The average molecular weight is 222 g/mol. The van der Waals surface area contributed by atoms with E-state index in [0.717, 1.165) is 16.9 Å². The first-order valence-corrected chi connectivity index (χ1v) is 5.24. The second kappa shape index (κ2) is 5.56. The van der Waals surface area contributed by atoms with Crippen molar-refractivity contribution in [2.75, 3.05) is 13.7 Å². The molecular formula is C13H18O3. The number of hydrogen-bond donors (Lipinski definition) is 1. The lowest BCUT2D eigenvalue weighted by Crippen LogP contribution is -2.06. The number of aliphatic hydroxyl groups excluding tert-OH is 1. The van der Waals surface area contributed by atoms with Crippen molar-refractivity contribution in [3.8, 4) is 5.75 Å². The predicted octanol–water partition coefficient (Wildman–Crippen LogP) is 2.59. The molecule has 0 aromatic heterocycles. The topological polar surface area (TPSA) is 38.7 Å². The molecule has 0 bridgehead atoms. The van der Waals surface area contributed by atoms with Crippen molar-refractivity contribution >= 4 is 0 Å². The lowest BCUT2D eigenvalue weighted by atomic mass is 10.0. The molecule has 3 nitrogen and oxygen atoms in total. The van der Waals surface area contributed by atoms with Crippen molar-refractivity contribution in [2.45, 2.75) is 20.0 Å². The molecule has 0 aliphatic rings. The summed E-state index contributed by atoms with van der Waals surface area (Å²) in [6.07, 6.45) is -0.786. The zero-order valence-corrected chi connectivity index (χ0v) is 9.99. The Labute approximate surface area is 96.3 Å². The molecule has 16 heavy (non-hydrogen) atoms. The molecule has 88 valence electrons. The van der Waals surface area contributed by atoms with Crippen LogP contribution in [0.2, 0.25) is 0 Å². The Hall–Kier alpha value is -1.48. The monoisotopic (exact) mass is 222 g/mol. The van der Waals surface area contributed by atoms with Crippen molar-refractivity contribution < 1.29 is 14.6 Å². The average Bonchev–Trinajstić information content (AvgIpc) is 2.28. The summed E-state index contributed by atoms with van der Waals surface area (Å²) in [5, 5.41) is 10.00. The molecule has 1 aromatic carbocycles. The van der Waals surface area contributed by atoms with E-state index in [0.29, 0.717) is 12.4 Å². The van der Waals surface area contributed by atoms with Gasteiger partial charge in [-0.15, -0.1) is 0 Å². The van der Waals surface area contributed by atoms with Gasteiger partial charge in [-0.3, -0.25) is 0 Å². The van der Waals surface area contributed by atoms with Crippen LogP contribution in [0.5, 0.6) is 5.75 Å². The van der Waals surface area contributed by atoms with E-state index in [9.17, 15) is 5.11 Å². The summed E-state index contributed by atoms with van der Waals surface area (Å²) in [6.45, 7) is 7.98. The van der Waals surface area contributed by atoms with E-state index in [2.05, 4.69) is 6.58 Å². The molecule has 0 aliphatic heterocycles. The molecule has 0 heterocycles. The standard InChI is InChI=1S/C13H18O3/c1-5-16-10(3)13(14)12-7-6-11(15-4)8-9(12)2/h6-8,13-14H,3,5H2,1-2,4H3/t13-/m0/s1. The molecule has 0 saturated heterocycles. The minimum atomic E-state index is -0.786. The van der Waals surface area contributed by atoms with E-state index >= 15 is 0 Å². The number of hydrogen-bond acceptors (Lipinski definition) is 3. The van der Waals surface area contributed by atoms with E-state index < -0.39 is 6.10 Å². The maximum Gasteiger partial charge on any atom is 0.136 e. The largest absolute Gasteiger partial charge is 0.497 e. The predicted molar refractivity (Wildman–Crippen MR) is 63.5 cm³/mol. The SMILES string of the molecule is C=C(OCC)[C@H](O)c1ccc(OC)cc1C. The van der Waals surface area contributed by atoms with Crippen LogP contribution in [0.25, 0.3) is 0 Å². The van der Waals surface area contributed by atoms with Crippen LogP contribution in [0.4, 0.5) is 0 Å². The number of rotatable bonds is 5. The van der Waals surface area contributed by atoms with Crippen molar-refractivity contribution in [2.24, 2.45) is 0 Å². The number of aliphatic hydroxyl groups is 1. The zero-order valence-electron chi connectivity index (χ0n) is 9.99. The number of aryl methyl sites for hydroxylation is 1. The van der Waals surface area contributed by atoms with Crippen LogP contribution in [-0.2, 0) is 4.74 Å². The van der Waals surface area contributed by atoms with Gasteiger partial charge >= 0.3 is 0 Å². The van der Waals surface area contributed by atoms with E-state index in [4.69, 9.17) is 9.47 Å². The van der Waals surface area contributed by atoms with Crippen LogP contribution >= 0.6 is 0 Å². The fourth-order valence-electron chi connectivity index (χ4n) is 1.52. The Bertz CT molecular complexity index is 371. The van der Waals surface area contributed by atoms with Crippen molar-refractivity contribution in [1.29, 1.82) is 0 Å². The van der Waals surface area contributed by atoms with Gasteiger partial charge < -0.3 is 14.6 Å². The molecular weight excluding hydrogens is 204 g/mol. The summed E-state index contributed by atoms with van der Waals surface area (Å²) in [5.41, 5.74) is 1.74. The summed E-state index contributed by atoms with van der Waals surface area (Å²) in [7, 11) is 1.62. The van der Waals surface area contributed by atoms with Crippen LogP contribution in [-0.4, -0.2) is 18.8 Å². The van der Waals surface area contributed by atoms with Gasteiger partial charge in [0.2, 0.25) is 0 Å². The Kier molecular flexibility index (Phi) is 4.38.